The fourth-order valence-electron chi connectivity index (χ4n) is 2.00. The van der Waals surface area contributed by atoms with Crippen LogP contribution in [-0.4, -0.2) is 29.1 Å². The number of carboxylic acids is 1. The molecule has 0 fully saturated rings. The Morgan fingerprint density at radius 3 is 2.74 bits per heavy atom. The Morgan fingerprint density at radius 2 is 2.11 bits per heavy atom. The smallest absolute Gasteiger partial charge is 0.304 e. The molecular weight excluding hydrogens is 262 g/mol. The van der Waals surface area contributed by atoms with Crippen molar-refractivity contribution in [3.63, 3.8) is 0 Å². The summed E-state index contributed by atoms with van der Waals surface area (Å²) in [7, 11) is 0. The molecule has 1 N–H and O–H groups in total. The molecule has 0 amide bonds. The fourth-order valence-corrected chi connectivity index (χ4v) is 2.22. The summed E-state index contributed by atoms with van der Waals surface area (Å²) < 4.78 is 0. The molecule has 0 heterocycles. The number of hydrogen-bond acceptors (Lipinski definition) is 2. The average molecular weight is 284 g/mol. The second-order valence-electron chi connectivity index (χ2n) is 4.76. The van der Waals surface area contributed by atoms with Crippen molar-refractivity contribution < 1.29 is 9.90 Å². The molecule has 19 heavy (non-hydrogen) atoms. The summed E-state index contributed by atoms with van der Waals surface area (Å²) >= 11 is 5.97. The molecule has 0 aliphatic rings. The number of nitrogens with zero attached hydrogens (tertiary/aromatic N) is 1. The maximum absolute atomic E-state index is 10.7. The van der Waals surface area contributed by atoms with Gasteiger partial charge in [0, 0.05) is 18.1 Å². The molecule has 0 spiro atoms. The van der Waals surface area contributed by atoms with Crippen LogP contribution >= 0.6 is 11.6 Å². The Morgan fingerprint density at radius 1 is 1.32 bits per heavy atom. The molecule has 1 aromatic rings. The number of hydrogen-bond donors (Lipinski definition) is 1. The van der Waals surface area contributed by atoms with Crippen LogP contribution in [0, 0.1) is 0 Å². The van der Waals surface area contributed by atoms with Crippen molar-refractivity contribution in [2.75, 3.05) is 13.1 Å². The summed E-state index contributed by atoms with van der Waals surface area (Å²) in [6, 6.07) is 7.75. The van der Waals surface area contributed by atoms with E-state index in [9.17, 15) is 4.79 Å². The first-order chi connectivity index (χ1) is 9.11. The molecule has 4 heteroatoms. The highest BCUT2D eigenvalue weighted by Gasteiger charge is 2.08. The minimum atomic E-state index is -0.744. The SMILES string of the molecule is CCCCCN(CCC(=O)O)Cc1cccc(Cl)c1. The number of halogens is 1. The van der Waals surface area contributed by atoms with E-state index < -0.39 is 5.97 Å². The normalized spacial score (nSPS) is 10.9. The molecule has 0 aliphatic heterocycles. The van der Waals surface area contributed by atoms with E-state index in [-0.39, 0.29) is 6.42 Å². The van der Waals surface area contributed by atoms with Crippen molar-refractivity contribution >= 4 is 17.6 Å². The van der Waals surface area contributed by atoms with Gasteiger partial charge in [-0.3, -0.25) is 9.69 Å². The van der Waals surface area contributed by atoms with Gasteiger partial charge in [0.15, 0.2) is 0 Å². The summed E-state index contributed by atoms with van der Waals surface area (Å²) in [5, 5.41) is 9.52. The first kappa shape index (κ1) is 16.0. The Hall–Kier alpha value is -1.06. The summed E-state index contributed by atoms with van der Waals surface area (Å²) in [4.78, 5) is 12.9. The molecule has 0 bridgehead atoms. The van der Waals surface area contributed by atoms with Gasteiger partial charge in [-0.25, -0.2) is 0 Å². The van der Waals surface area contributed by atoms with E-state index in [1.807, 2.05) is 24.3 Å². The lowest BCUT2D eigenvalue weighted by molar-refractivity contribution is -0.137. The van der Waals surface area contributed by atoms with E-state index in [0.29, 0.717) is 6.54 Å². The van der Waals surface area contributed by atoms with Gasteiger partial charge in [0.2, 0.25) is 0 Å². The number of carbonyl (C=O) groups is 1. The number of aliphatic carboxylic acids is 1. The first-order valence-electron chi connectivity index (χ1n) is 6.80. The monoisotopic (exact) mass is 283 g/mol. The van der Waals surface area contributed by atoms with Crippen LogP contribution in [0.4, 0.5) is 0 Å². The van der Waals surface area contributed by atoms with Crippen molar-refractivity contribution in [2.24, 2.45) is 0 Å². The van der Waals surface area contributed by atoms with Gasteiger partial charge in [0.05, 0.1) is 6.42 Å². The van der Waals surface area contributed by atoms with Gasteiger partial charge in [0.25, 0.3) is 0 Å². The second-order valence-corrected chi connectivity index (χ2v) is 5.19. The van der Waals surface area contributed by atoms with Gasteiger partial charge in [-0.05, 0) is 30.7 Å². The van der Waals surface area contributed by atoms with Gasteiger partial charge in [-0.15, -0.1) is 0 Å². The highest BCUT2D eigenvalue weighted by atomic mass is 35.5. The van der Waals surface area contributed by atoms with Gasteiger partial charge in [0.1, 0.15) is 0 Å². The lowest BCUT2D eigenvalue weighted by Crippen LogP contribution is -2.27. The first-order valence-corrected chi connectivity index (χ1v) is 7.18. The van der Waals surface area contributed by atoms with Gasteiger partial charge in [-0.2, -0.15) is 0 Å². The van der Waals surface area contributed by atoms with Crippen molar-refractivity contribution in [2.45, 2.75) is 39.2 Å². The third kappa shape index (κ3) is 7.19. The van der Waals surface area contributed by atoms with Crippen LogP contribution in [0.15, 0.2) is 24.3 Å². The summed E-state index contributed by atoms with van der Waals surface area (Å²) in [5.74, 6) is -0.744. The average Bonchev–Trinajstić information content (AvgIpc) is 2.36. The predicted molar refractivity (Wildman–Crippen MR) is 78.5 cm³/mol. The van der Waals surface area contributed by atoms with E-state index >= 15 is 0 Å². The number of benzene rings is 1. The predicted octanol–water partition coefficient (Wildman–Crippen LogP) is 3.81. The minimum absolute atomic E-state index is 0.187. The van der Waals surface area contributed by atoms with Crippen LogP contribution in [-0.2, 0) is 11.3 Å². The summed E-state index contributed by atoms with van der Waals surface area (Å²) in [6.07, 6.45) is 3.65. The zero-order chi connectivity index (χ0) is 14.1. The third-order valence-electron chi connectivity index (χ3n) is 3.02. The number of unbranched alkanes of at least 4 members (excludes halogenated alkanes) is 2. The van der Waals surface area contributed by atoms with Crippen molar-refractivity contribution in [3.05, 3.63) is 34.9 Å². The Balaban J connectivity index is 2.53. The number of rotatable bonds is 9. The lowest BCUT2D eigenvalue weighted by atomic mass is 10.2. The zero-order valence-corrected chi connectivity index (χ0v) is 12.2. The highest BCUT2D eigenvalue weighted by Crippen LogP contribution is 2.13. The van der Waals surface area contributed by atoms with E-state index in [1.165, 1.54) is 12.8 Å². The van der Waals surface area contributed by atoms with E-state index in [0.717, 1.165) is 30.1 Å². The third-order valence-corrected chi connectivity index (χ3v) is 3.25. The van der Waals surface area contributed by atoms with Gasteiger partial charge >= 0.3 is 5.97 Å². The Kier molecular flexibility index (Phi) is 7.53. The van der Waals surface area contributed by atoms with Crippen LogP contribution in [0.5, 0.6) is 0 Å². The Labute approximate surface area is 120 Å². The lowest BCUT2D eigenvalue weighted by Gasteiger charge is -2.21. The standard InChI is InChI=1S/C15H22ClNO2/c1-2-3-4-9-17(10-8-15(18)19)12-13-6-5-7-14(16)11-13/h5-7,11H,2-4,8-10,12H2,1H3,(H,18,19). The second kappa shape index (κ2) is 8.94. The highest BCUT2D eigenvalue weighted by molar-refractivity contribution is 6.30. The van der Waals surface area contributed by atoms with Gasteiger partial charge in [-0.1, -0.05) is 43.5 Å². The van der Waals surface area contributed by atoms with Crippen LogP contribution < -0.4 is 0 Å². The van der Waals surface area contributed by atoms with Crippen LogP contribution in [0.3, 0.4) is 0 Å². The van der Waals surface area contributed by atoms with E-state index in [1.54, 1.807) is 0 Å². The van der Waals surface area contributed by atoms with Crippen molar-refractivity contribution in [1.29, 1.82) is 0 Å². The quantitative estimate of drug-likeness (QED) is 0.701. The van der Waals surface area contributed by atoms with E-state index in [2.05, 4.69) is 11.8 Å². The molecule has 0 aliphatic carbocycles. The van der Waals surface area contributed by atoms with Crippen molar-refractivity contribution in [3.8, 4) is 0 Å². The zero-order valence-electron chi connectivity index (χ0n) is 11.4. The summed E-state index contributed by atoms with van der Waals surface area (Å²) in [5.41, 5.74) is 1.13. The van der Waals surface area contributed by atoms with Gasteiger partial charge < -0.3 is 5.11 Å². The molecule has 0 unspecified atom stereocenters. The molecule has 0 saturated heterocycles. The minimum Gasteiger partial charge on any atom is -0.481 e. The molecule has 106 valence electrons. The molecule has 0 aromatic heterocycles. The fraction of sp³-hybridized carbons (Fsp3) is 0.533. The van der Waals surface area contributed by atoms with Crippen LogP contribution in [0.25, 0.3) is 0 Å². The molecule has 0 saturated carbocycles. The molecule has 3 nitrogen and oxygen atoms in total. The maximum Gasteiger partial charge on any atom is 0.304 e. The molecule has 1 rings (SSSR count). The van der Waals surface area contributed by atoms with Crippen molar-refractivity contribution in [1.82, 2.24) is 4.90 Å². The maximum atomic E-state index is 10.7. The topological polar surface area (TPSA) is 40.5 Å². The Bertz CT molecular complexity index is 395. The molecular formula is C15H22ClNO2. The van der Waals surface area contributed by atoms with Crippen LogP contribution in [0.1, 0.15) is 38.2 Å². The number of carboxylic acid groups (broad SMARTS) is 1. The molecule has 0 radical (unpaired) electrons. The molecule has 1 aromatic carbocycles. The largest absolute Gasteiger partial charge is 0.481 e. The summed E-state index contributed by atoms with van der Waals surface area (Å²) in [6.45, 7) is 4.45. The van der Waals surface area contributed by atoms with Crippen LogP contribution in [0.2, 0.25) is 5.02 Å². The molecule has 0 atom stereocenters. The van der Waals surface area contributed by atoms with E-state index in [4.69, 9.17) is 16.7 Å².